The van der Waals surface area contributed by atoms with Gasteiger partial charge in [0.25, 0.3) is 0 Å². The van der Waals surface area contributed by atoms with Gasteiger partial charge in [-0.15, -0.1) is 0 Å². The van der Waals surface area contributed by atoms with E-state index in [0.29, 0.717) is 6.04 Å². The summed E-state index contributed by atoms with van der Waals surface area (Å²) in [5.74, 6) is 0. The number of rotatable bonds is 5. The van der Waals surface area contributed by atoms with Gasteiger partial charge in [-0.2, -0.15) is 0 Å². The van der Waals surface area contributed by atoms with Crippen LogP contribution in [0, 0.1) is 0 Å². The third-order valence-corrected chi connectivity index (χ3v) is 3.31. The standard InChI is InChI=1S/C15H21NO/c1-17-13-15-10-6-12-16(15)11-5-9-14-7-3-2-4-8-14/h2-5,7-9,15H,6,10-13H2,1H3/b9-5+/t15-/m1/s1. The molecule has 0 unspecified atom stereocenters. The van der Waals surface area contributed by atoms with Crippen LogP contribution in [0.2, 0.25) is 0 Å². The van der Waals surface area contributed by atoms with E-state index in [2.05, 4.69) is 41.3 Å². The second kappa shape index (κ2) is 6.58. The van der Waals surface area contributed by atoms with Gasteiger partial charge in [0.2, 0.25) is 0 Å². The molecule has 2 heteroatoms. The van der Waals surface area contributed by atoms with Crippen LogP contribution >= 0.6 is 0 Å². The van der Waals surface area contributed by atoms with Crippen molar-refractivity contribution in [3.05, 3.63) is 42.0 Å². The molecule has 1 heterocycles. The molecule has 0 bridgehead atoms. The van der Waals surface area contributed by atoms with E-state index in [1.165, 1.54) is 24.9 Å². The second-order valence-corrected chi connectivity index (χ2v) is 4.56. The Balaban J connectivity index is 1.83. The second-order valence-electron chi connectivity index (χ2n) is 4.56. The van der Waals surface area contributed by atoms with Crippen LogP contribution in [0.1, 0.15) is 18.4 Å². The number of ether oxygens (including phenoxy) is 1. The summed E-state index contributed by atoms with van der Waals surface area (Å²) in [6, 6.07) is 11.1. The minimum absolute atomic E-state index is 0.612. The molecular weight excluding hydrogens is 210 g/mol. The van der Waals surface area contributed by atoms with Crippen LogP contribution in [0.25, 0.3) is 6.08 Å². The van der Waals surface area contributed by atoms with Gasteiger partial charge in [0.1, 0.15) is 0 Å². The molecule has 0 amide bonds. The zero-order chi connectivity index (χ0) is 11.9. The van der Waals surface area contributed by atoms with E-state index in [0.717, 1.165) is 13.2 Å². The third-order valence-electron chi connectivity index (χ3n) is 3.31. The first-order valence-electron chi connectivity index (χ1n) is 6.35. The van der Waals surface area contributed by atoms with Crippen LogP contribution in [0.4, 0.5) is 0 Å². The fourth-order valence-corrected chi connectivity index (χ4v) is 2.40. The van der Waals surface area contributed by atoms with Crippen molar-refractivity contribution in [1.29, 1.82) is 0 Å². The summed E-state index contributed by atoms with van der Waals surface area (Å²) in [5.41, 5.74) is 1.27. The van der Waals surface area contributed by atoms with E-state index in [1.807, 2.05) is 6.07 Å². The van der Waals surface area contributed by atoms with Crippen LogP contribution in [-0.2, 0) is 4.74 Å². The van der Waals surface area contributed by atoms with E-state index < -0.39 is 0 Å². The molecular formula is C15H21NO. The van der Waals surface area contributed by atoms with Crippen LogP contribution in [0.3, 0.4) is 0 Å². The lowest BCUT2D eigenvalue weighted by Gasteiger charge is -2.21. The topological polar surface area (TPSA) is 12.5 Å². The molecule has 0 saturated carbocycles. The number of hydrogen-bond donors (Lipinski definition) is 0. The molecule has 2 rings (SSSR count). The molecule has 1 aromatic carbocycles. The van der Waals surface area contributed by atoms with Crippen LogP contribution < -0.4 is 0 Å². The summed E-state index contributed by atoms with van der Waals surface area (Å²) in [5, 5.41) is 0. The van der Waals surface area contributed by atoms with E-state index in [1.54, 1.807) is 7.11 Å². The first-order valence-corrected chi connectivity index (χ1v) is 6.35. The lowest BCUT2D eigenvalue weighted by Crippen LogP contribution is -2.32. The highest BCUT2D eigenvalue weighted by atomic mass is 16.5. The Bertz CT molecular complexity index is 347. The zero-order valence-corrected chi connectivity index (χ0v) is 10.5. The normalized spacial score (nSPS) is 21.4. The van der Waals surface area contributed by atoms with Crippen molar-refractivity contribution < 1.29 is 4.74 Å². The predicted octanol–water partition coefficient (Wildman–Crippen LogP) is 2.81. The molecule has 17 heavy (non-hydrogen) atoms. The van der Waals surface area contributed by atoms with Crippen molar-refractivity contribution in [2.24, 2.45) is 0 Å². The summed E-state index contributed by atoms with van der Waals surface area (Å²) < 4.78 is 5.25. The molecule has 1 fully saturated rings. The van der Waals surface area contributed by atoms with E-state index >= 15 is 0 Å². The average Bonchev–Trinajstić information content (AvgIpc) is 2.79. The average molecular weight is 231 g/mol. The maximum absolute atomic E-state index is 5.25. The van der Waals surface area contributed by atoms with Gasteiger partial charge in [-0.05, 0) is 24.9 Å². The highest BCUT2D eigenvalue weighted by Gasteiger charge is 2.22. The maximum Gasteiger partial charge on any atom is 0.0618 e. The first kappa shape index (κ1) is 12.3. The summed E-state index contributed by atoms with van der Waals surface area (Å²) in [6.45, 7) is 3.09. The van der Waals surface area contributed by atoms with Gasteiger partial charge < -0.3 is 4.74 Å². The molecule has 1 aliphatic heterocycles. The molecule has 0 aliphatic carbocycles. The third kappa shape index (κ3) is 3.69. The Morgan fingerprint density at radius 3 is 2.94 bits per heavy atom. The lowest BCUT2D eigenvalue weighted by molar-refractivity contribution is 0.122. The van der Waals surface area contributed by atoms with Crippen molar-refractivity contribution in [3.8, 4) is 0 Å². The van der Waals surface area contributed by atoms with E-state index in [-0.39, 0.29) is 0 Å². The van der Waals surface area contributed by atoms with E-state index in [9.17, 15) is 0 Å². The largest absolute Gasteiger partial charge is 0.383 e. The van der Waals surface area contributed by atoms with Gasteiger partial charge in [-0.1, -0.05) is 42.5 Å². The summed E-state index contributed by atoms with van der Waals surface area (Å²) in [7, 11) is 1.79. The Morgan fingerprint density at radius 1 is 1.35 bits per heavy atom. The molecule has 0 N–H and O–H groups in total. The van der Waals surface area contributed by atoms with Gasteiger partial charge in [0, 0.05) is 19.7 Å². The molecule has 92 valence electrons. The minimum Gasteiger partial charge on any atom is -0.383 e. The molecule has 0 radical (unpaired) electrons. The van der Waals surface area contributed by atoms with Gasteiger partial charge in [-0.25, -0.2) is 0 Å². The SMILES string of the molecule is COC[C@H]1CCCN1C/C=C/c1ccccc1. The van der Waals surface area contributed by atoms with Crippen LogP contribution in [0.5, 0.6) is 0 Å². The zero-order valence-electron chi connectivity index (χ0n) is 10.5. The molecule has 1 aromatic rings. The molecule has 1 atom stereocenters. The van der Waals surface area contributed by atoms with Crippen molar-refractivity contribution in [2.45, 2.75) is 18.9 Å². The fraction of sp³-hybridized carbons (Fsp3) is 0.467. The summed E-state index contributed by atoms with van der Waals surface area (Å²) >= 11 is 0. The first-order chi connectivity index (χ1) is 8.40. The molecule has 0 aromatic heterocycles. The Morgan fingerprint density at radius 2 is 2.18 bits per heavy atom. The molecule has 0 spiro atoms. The Labute approximate surface area is 104 Å². The highest BCUT2D eigenvalue weighted by Crippen LogP contribution is 2.17. The van der Waals surface area contributed by atoms with Gasteiger partial charge >= 0.3 is 0 Å². The number of benzene rings is 1. The smallest absolute Gasteiger partial charge is 0.0618 e. The van der Waals surface area contributed by atoms with Gasteiger partial charge in [0.05, 0.1) is 6.61 Å². The van der Waals surface area contributed by atoms with Crippen molar-refractivity contribution >= 4 is 6.08 Å². The maximum atomic E-state index is 5.25. The van der Waals surface area contributed by atoms with Crippen LogP contribution in [0.15, 0.2) is 36.4 Å². The summed E-state index contributed by atoms with van der Waals surface area (Å²) in [6.07, 6.45) is 7.02. The molecule has 1 saturated heterocycles. The van der Waals surface area contributed by atoms with E-state index in [4.69, 9.17) is 4.74 Å². The molecule has 1 aliphatic rings. The van der Waals surface area contributed by atoms with Crippen molar-refractivity contribution in [3.63, 3.8) is 0 Å². The van der Waals surface area contributed by atoms with Crippen LogP contribution in [-0.4, -0.2) is 37.7 Å². The van der Waals surface area contributed by atoms with Gasteiger partial charge in [0.15, 0.2) is 0 Å². The summed E-state index contributed by atoms with van der Waals surface area (Å²) in [4.78, 5) is 2.50. The van der Waals surface area contributed by atoms with Gasteiger partial charge in [-0.3, -0.25) is 4.90 Å². The number of hydrogen-bond acceptors (Lipinski definition) is 2. The minimum atomic E-state index is 0.612. The van der Waals surface area contributed by atoms with Crippen molar-refractivity contribution in [2.75, 3.05) is 26.8 Å². The highest BCUT2D eigenvalue weighted by molar-refractivity contribution is 5.48. The predicted molar refractivity (Wildman–Crippen MR) is 71.9 cm³/mol. The Kier molecular flexibility index (Phi) is 4.77. The number of likely N-dealkylation sites (tertiary alicyclic amines) is 1. The Hall–Kier alpha value is -1.12. The number of methoxy groups -OCH3 is 1. The number of nitrogens with zero attached hydrogens (tertiary/aromatic N) is 1. The monoisotopic (exact) mass is 231 g/mol. The van der Waals surface area contributed by atoms with Crippen molar-refractivity contribution in [1.82, 2.24) is 4.90 Å². The quantitative estimate of drug-likeness (QED) is 0.772. The molecule has 2 nitrogen and oxygen atoms in total. The fourth-order valence-electron chi connectivity index (χ4n) is 2.40. The lowest BCUT2D eigenvalue weighted by atomic mass is 10.2.